The molecule has 0 radical (unpaired) electrons. The summed E-state index contributed by atoms with van der Waals surface area (Å²) in [5.74, 6) is 2.25. The van der Waals surface area contributed by atoms with Gasteiger partial charge in [-0.15, -0.1) is 0 Å². The molecule has 0 fully saturated rings. The van der Waals surface area contributed by atoms with Gasteiger partial charge in [-0.2, -0.15) is 5.10 Å². The third-order valence-corrected chi connectivity index (χ3v) is 4.48. The summed E-state index contributed by atoms with van der Waals surface area (Å²) < 4.78 is 13.0. The fourth-order valence-electron chi connectivity index (χ4n) is 2.76. The second kappa shape index (κ2) is 9.73. The number of nitrogens with one attached hydrogen (secondary N) is 2. The van der Waals surface area contributed by atoms with Gasteiger partial charge >= 0.3 is 0 Å². The smallest absolute Gasteiger partial charge is 0.213 e. The van der Waals surface area contributed by atoms with Crippen molar-refractivity contribution in [2.24, 2.45) is 4.99 Å². The van der Waals surface area contributed by atoms with E-state index < -0.39 is 0 Å². The Morgan fingerprint density at radius 2 is 2.04 bits per heavy atom. The van der Waals surface area contributed by atoms with Crippen molar-refractivity contribution < 1.29 is 9.15 Å². The lowest BCUT2D eigenvalue weighted by Crippen LogP contribution is -2.36. The van der Waals surface area contributed by atoms with Crippen LogP contribution in [0.25, 0.3) is 0 Å². The number of nitrogens with zero attached hydrogens (tertiary/aromatic N) is 4. The van der Waals surface area contributed by atoms with Crippen molar-refractivity contribution in [2.45, 2.75) is 66.6 Å². The molecule has 0 aliphatic heterocycles. The van der Waals surface area contributed by atoms with Gasteiger partial charge in [0.05, 0.1) is 38.1 Å². The molecule has 0 unspecified atom stereocenters. The molecule has 8 heteroatoms. The fraction of sp³-hybridized carbons (Fsp3) is 0.650. The Kier molecular flexibility index (Phi) is 7.62. The van der Waals surface area contributed by atoms with Gasteiger partial charge in [0, 0.05) is 30.3 Å². The number of aryl methyl sites for hydroxylation is 1. The molecule has 2 rings (SSSR count). The fourth-order valence-corrected chi connectivity index (χ4v) is 2.76. The first-order valence-corrected chi connectivity index (χ1v) is 9.75. The summed E-state index contributed by atoms with van der Waals surface area (Å²) >= 11 is 0. The topological polar surface area (TPSA) is 89.5 Å². The summed E-state index contributed by atoms with van der Waals surface area (Å²) in [7, 11) is 1.70. The molecule has 0 aliphatic carbocycles. The number of methoxy groups -OCH3 is 1. The van der Waals surface area contributed by atoms with Gasteiger partial charge in [-0.25, -0.2) is 9.98 Å². The number of hydrogen-bond donors (Lipinski definition) is 2. The lowest BCUT2D eigenvalue weighted by Gasteiger charge is -2.13. The van der Waals surface area contributed by atoms with Gasteiger partial charge in [0.25, 0.3) is 0 Å². The zero-order valence-corrected chi connectivity index (χ0v) is 18.2. The number of rotatable bonds is 8. The highest BCUT2D eigenvalue weighted by Gasteiger charge is 2.19. The molecule has 0 aliphatic rings. The van der Waals surface area contributed by atoms with Gasteiger partial charge in [0.2, 0.25) is 5.89 Å². The molecule has 156 valence electrons. The van der Waals surface area contributed by atoms with Crippen molar-refractivity contribution in [1.82, 2.24) is 25.4 Å². The van der Waals surface area contributed by atoms with E-state index in [4.69, 9.17) is 14.1 Å². The molecule has 28 heavy (non-hydrogen) atoms. The monoisotopic (exact) mass is 390 g/mol. The maximum absolute atomic E-state index is 5.84. The highest BCUT2D eigenvalue weighted by molar-refractivity contribution is 5.79. The first-order valence-electron chi connectivity index (χ1n) is 9.75. The van der Waals surface area contributed by atoms with E-state index in [-0.39, 0.29) is 5.41 Å². The highest BCUT2D eigenvalue weighted by atomic mass is 16.5. The molecule has 2 N–H and O–H groups in total. The van der Waals surface area contributed by atoms with Gasteiger partial charge in [-0.3, -0.25) is 4.68 Å². The summed E-state index contributed by atoms with van der Waals surface area (Å²) in [6, 6.07) is 0. The van der Waals surface area contributed by atoms with Crippen molar-refractivity contribution in [3.63, 3.8) is 0 Å². The van der Waals surface area contributed by atoms with Crippen molar-refractivity contribution in [3.05, 3.63) is 34.8 Å². The summed E-state index contributed by atoms with van der Waals surface area (Å²) in [6.45, 7) is 15.6. The van der Waals surface area contributed by atoms with Crippen molar-refractivity contribution >= 4 is 5.96 Å². The molecule has 0 atom stereocenters. The van der Waals surface area contributed by atoms with Crippen molar-refractivity contribution in [1.29, 1.82) is 0 Å². The first-order chi connectivity index (χ1) is 13.3. The van der Waals surface area contributed by atoms with Crippen LogP contribution >= 0.6 is 0 Å². The Bertz CT molecular complexity index is 785. The minimum atomic E-state index is -0.0537. The molecule has 0 saturated carbocycles. The molecule has 8 nitrogen and oxygen atoms in total. The van der Waals surface area contributed by atoms with Gasteiger partial charge in [-0.05, 0) is 20.8 Å². The minimum Gasteiger partial charge on any atom is -0.443 e. The zero-order chi connectivity index (χ0) is 20.7. The lowest BCUT2D eigenvalue weighted by molar-refractivity contribution is 0.182. The van der Waals surface area contributed by atoms with E-state index >= 15 is 0 Å². The second-order valence-electron chi connectivity index (χ2n) is 7.78. The van der Waals surface area contributed by atoms with E-state index in [0.717, 1.165) is 41.8 Å². The predicted molar refractivity (Wildman–Crippen MR) is 110 cm³/mol. The quantitative estimate of drug-likeness (QED) is 0.532. The van der Waals surface area contributed by atoms with Crippen LogP contribution in [0.4, 0.5) is 0 Å². The van der Waals surface area contributed by atoms with E-state index in [0.29, 0.717) is 25.6 Å². The van der Waals surface area contributed by atoms with Crippen LogP contribution < -0.4 is 10.6 Å². The Hall–Kier alpha value is -2.35. The number of oxazole rings is 1. The summed E-state index contributed by atoms with van der Waals surface area (Å²) in [5, 5.41) is 11.1. The molecule has 0 aromatic carbocycles. The Morgan fingerprint density at radius 3 is 2.64 bits per heavy atom. The number of guanidine groups is 1. The zero-order valence-electron chi connectivity index (χ0n) is 18.2. The summed E-state index contributed by atoms with van der Waals surface area (Å²) in [6.07, 6.45) is 1.79. The van der Waals surface area contributed by atoms with Crippen LogP contribution in [0.15, 0.2) is 15.6 Å². The van der Waals surface area contributed by atoms with Crippen LogP contribution in [0.1, 0.15) is 56.3 Å². The number of aliphatic imine (C=N–C) groups is 1. The molecular weight excluding hydrogens is 356 g/mol. The standard InChI is InChI=1S/C20H34N6O2/c1-8-21-19(24-13-18-22-12-17(28-18)20(4,5)6)23-11-16-14(2)25-26(15(16)3)9-10-27-7/h12H,8-11,13H2,1-7H3,(H2,21,23,24). The lowest BCUT2D eigenvalue weighted by atomic mass is 9.94. The molecule has 2 heterocycles. The summed E-state index contributed by atoms with van der Waals surface area (Å²) in [5.41, 5.74) is 3.20. The van der Waals surface area contributed by atoms with E-state index in [9.17, 15) is 0 Å². The summed E-state index contributed by atoms with van der Waals surface area (Å²) in [4.78, 5) is 9.07. The number of hydrogen-bond acceptors (Lipinski definition) is 5. The van der Waals surface area contributed by atoms with E-state index in [1.807, 2.05) is 18.5 Å². The van der Waals surface area contributed by atoms with Gasteiger partial charge < -0.3 is 19.8 Å². The minimum absolute atomic E-state index is 0.0537. The average molecular weight is 391 g/mol. The first kappa shape index (κ1) is 21.9. The number of aromatic nitrogens is 3. The molecule has 0 saturated heterocycles. The molecule has 0 spiro atoms. The van der Waals surface area contributed by atoms with Crippen molar-refractivity contribution in [2.75, 3.05) is 20.3 Å². The Balaban J connectivity index is 2.04. The van der Waals surface area contributed by atoms with Gasteiger partial charge in [-0.1, -0.05) is 20.8 Å². The van der Waals surface area contributed by atoms with Gasteiger partial charge in [0.15, 0.2) is 5.96 Å². The number of ether oxygens (including phenoxy) is 1. The molecule has 2 aromatic heterocycles. The molecular formula is C20H34N6O2. The second-order valence-corrected chi connectivity index (χ2v) is 7.78. The van der Waals surface area contributed by atoms with Crippen LogP contribution in [0.2, 0.25) is 0 Å². The maximum atomic E-state index is 5.84. The predicted octanol–water partition coefficient (Wildman–Crippen LogP) is 2.69. The molecule has 2 aromatic rings. The molecule has 0 amide bonds. The largest absolute Gasteiger partial charge is 0.443 e. The highest BCUT2D eigenvalue weighted by Crippen LogP contribution is 2.22. The third-order valence-electron chi connectivity index (χ3n) is 4.48. The van der Waals surface area contributed by atoms with E-state index in [2.05, 4.69) is 48.4 Å². The molecule has 0 bridgehead atoms. The van der Waals surface area contributed by atoms with Crippen LogP contribution in [0.3, 0.4) is 0 Å². The Labute approximate surface area is 167 Å². The van der Waals surface area contributed by atoms with Crippen LogP contribution in [0.5, 0.6) is 0 Å². The van der Waals surface area contributed by atoms with Crippen LogP contribution in [-0.4, -0.2) is 41.0 Å². The SMILES string of the molecule is CCNC(=NCc1c(C)nn(CCOC)c1C)NCc1ncc(C(C)(C)C)o1. The normalized spacial score (nSPS) is 12.5. The Morgan fingerprint density at radius 1 is 1.29 bits per heavy atom. The average Bonchev–Trinajstić information content (AvgIpc) is 3.21. The van der Waals surface area contributed by atoms with E-state index in [1.165, 1.54) is 0 Å². The maximum Gasteiger partial charge on any atom is 0.213 e. The van der Waals surface area contributed by atoms with Crippen LogP contribution in [0, 0.1) is 13.8 Å². The van der Waals surface area contributed by atoms with Crippen LogP contribution in [-0.2, 0) is 29.8 Å². The van der Waals surface area contributed by atoms with Crippen molar-refractivity contribution in [3.8, 4) is 0 Å². The van der Waals surface area contributed by atoms with Gasteiger partial charge in [0.1, 0.15) is 5.76 Å². The third kappa shape index (κ3) is 5.82. The van der Waals surface area contributed by atoms with E-state index in [1.54, 1.807) is 13.3 Å².